The van der Waals surface area contributed by atoms with Gasteiger partial charge in [0.25, 0.3) is 7.37 Å². The van der Waals surface area contributed by atoms with Crippen LogP contribution >= 0.6 is 7.37 Å². The first kappa shape index (κ1) is 25.6. The lowest BCUT2D eigenvalue weighted by atomic mass is 10.0. The third kappa shape index (κ3) is 6.68. The predicted octanol–water partition coefficient (Wildman–Crippen LogP) is 4.47. The van der Waals surface area contributed by atoms with E-state index >= 15 is 0 Å². The second-order valence-electron chi connectivity index (χ2n) is 8.38. The van der Waals surface area contributed by atoms with Crippen molar-refractivity contribution >= 4 is 24.6 Å². The van der Waals surface area contributed by atoms with E-state index in [1.807, 2.05) is 24.3 Å². The molecule has 7 nitrogen and oxygen atoms in total. The summed E-state index contributed by atoms with van der Waals surface area (Å²) in [6, 6.07) is 14.2. The minimum absolute atomic E-state index is 0.299. The van der Waals surface area contributed by atoms with Gasteiger partial charge in [-0.2, -0.15) is 0 Å². The number of hydrogen-bond donors (Lipinski definition) is 2. The predicted molar refractivity (Wildman–Crippen MR) is 124 cm³/mol. The topological polar surface area (TPSA) is 110 Å². The van der Waals surface area contributed by atoms with Crippen molar-refractivity contribution in [3.05, 3.63) is 48.5 Å². The molecule has 0 radical (unpaired) electrons. The van der Waals surface area contributed by atoms with Gasteiger partial charge in [0.2, 0.25) is 0 Å². The van der Waals surface area contributed by atoms with Crippen LogP contribution in [0.2, 0.25) is 0 Å². The van der Waals surface area contributed by atoms with Crippen molar-refractivity contribution < 1.29 is 33.6 Å². The quantitative estimate of drug-likeness (QED) is 0.461. The van der Waals surface area contributed by atoms with Crippen molar-refractivity contribution in [2.75, 3.05) is 12.8 Å². The van der Waals surface area contributed by atoms with Gasteiger partial charge in [0, 0.05) is 5.56 Å². The van der Waals surface area contributed by atoms with Gasteiger partial charge in [-0.3, -0.25) is 14.2 Å². The Morgan fingerprint density at radius 1 is 1.06 bits per heavy atom. The molecule has 0 aromatic heterocycles. The Hall–Kier alpha value is -2.63. The average Bonchev–Trinajstić information content (AvgIpc) is 2.71. The van der Waals surface area contributed by atoms with E-state index in [9.17, 15) is 24.4 Å². The van der Waals surface area contributed by atoms with Gasteiger partial charge in [0.1, 0.15) is 12.4 Å². The largest absolute Gasteiger partial charge is 0.481 e. The fraction of sp³-hybridized carbons (Fsp3) is 0.417. The molecule has 0 aliphatic carbocycles. The van der Waals surface area contributed by atoms with Crippen LogP contribution in [0.1, 0.15) is 40.5 Å². The normalized spacial score (nSPS) is 17.5. The highest BCUT2D eigenvalue weighted by Gasteiger charge is 2.41. The Kier molecular flexibility index (Phi) is 8.65. The van der Waals surface area contributed by atoms with E-state index in [-0.39, 0.29) is 12.8 Å². The molecule has 1 aliphatic rings. The van der Waals surface area contributed by atoms with E-state index in [0.29, 0.717) is 11.1 Å². The fourth-order valence-corrected chi connectivity index (χ4v) is 5.78. The molecule has 2 unspecified atom stereocenters. The number of benzene rings is 2. The number of carboxylic acids is 1. The van der Waals surface area contributed by atoms with Crippen LogP contribution in [0.3, 0.4) is 0 Å². The molecule has 1 heterocycles. The first-order chi connectivity index (χ1) is 15.0. The SMILES string of the molecule is CC(C)(O)COC(=O)C(CC(=O)O)CP1(=O)Oc2ccccc2-c2ccccc21.CCC. The first-order valence-corrected chi connectivity index (χ1v) is 12.4. The summed E-state index contributed by atoms with van der Waals surface area (Å²) < 4.78 is 24.8. The van der Waals surface area contributed by atoms with E-state index < -0.39 is 37.2 Å². The van der Waals surface area contributed by atoms with Crippen LogP contribution in [0.15, 0.2) is 48.5 Å². The molecule has 2 atom stereocenters. The molecule has 174 valence electrons. The molecule has 1 aliphatic heterocycles. The van der Waals surface area contributed by atoms with Crippen LogP contribution in [-0.4, -0.2) is 40.5 Å². The van der Waals surface area contributed by atoms with Gasteiger partial charge in [0.05, 0.1) is 29.4 Å². The zero-order valence-corrected chi connectivity index (χ0v) is 19.8. The first-order valence-electron chi connectivity index (χ1n) is 10.6. The van der Waals surface area contributed by atoms with Gasteiger partial charge in [-0.05, 0) is 31.5 Å². The number of aliphatic carboxylic acids is 1. The maximum absolute atomic E-state index is 13.8. The van der Waals surface area contributed by atoms with Gasteiger partial charge in [-0.15, -0.1) is 0 Å². The number of para-hydroxylation sites is 1. The summed E-state index contributed by atoms with van der Waals surface area (Å²) in [6.07, 6.45) is 0.386. The minimum Gasteiger partial charge on any atom is -0.481 e. The number of esters is 1. The molecule has 0 bridgehead atoms. The lowest BCUT2D eigenvalue weighted by molar-refractivity contribution is -0.157. The molecular formula is C24H31O7P. The van der Waals surface area contributed by atoms with Crippen LogP contribution in [0.5, 0.6) is 5.75 Å². The Morgan fingerprint density at radius 3 is 2.22 bits per heavy atom. The van der Waals surface area contributed by atoms with E-state index in [4.69, 9.17) is 9.26 Å². The lowest BCUT2D eigenvalue weighted by Crippen LogP contribution is -2.33. The Bertz CT molecular complexity index is 994. The monoisotopic (exact) mass is 462 g/mol. The van der Waals surface area contributed by atoms with Gasteiger partial charge < -0.3 is 19.5 Å². The summed E-state index contributed by atoms with van der Waals surface area (Å²) in [5, 5.41) is 19.5. The zero-order chi connectivity index (χ0) is 23.9. The van der Waals surface area contributed by atoms with Crippen molar-refractivity contribution in [1.82, 2.24) is 0 Å². The summed E-state index contributed by atoms with van der Waals surface area (Å²) in [4.78, 5) is 23.8. The maximum atomic E-state index is 13.8. The van der Waals surface area contributed by atoms with Gasteiger partial charge in [0.15, 0.2) is 0 Å². The van der Waals surface area contributed by atoms with Crippen molar-refractivity contribution in [2.45, 2.75) is 46.1 Å². The minimum atomic E-state index is -3.59. The third-order valence-electron chi connectivity index (χ3n) is 4.48. The second kappa shape index (κ2) is 10.8. The molecule has 0 spiro atoms. The Labute approximate surface area is 188 Å². The molecule has 8 heteroatoms. The van der Waals surface area contributed by atoms with E-state index in [1.165, 1.54) is 20.3 Å². The number of hydrogen-bond acceptors (Lipinski definition) is 6. The molecule has 0 amide bonds. The molecule has 2 aromatic carbocycles. The van der Waals surface area contributed by atoms with Crippen LogP contribution < -0.4 is 9.83 Å². The van der Waals surface area contributed by atoms with Gasteiger partial charge in [-0.1, -0.05) is 56.7 Å². The number of carboxylic acid groups (broad SMARTS) is 1. The fourth-order valence-electron chi connectivity index (χ4n) is 3.20. The standard InChI is InChI=1S/C21H23O7P.C3H8/c1-21(2,25)13-27-20(24)14(11-19(22)23)12-29(26)18-10-6-4-8-16(18)15-7-3-5-9-17(15)28-29;1-3-2/h3-10,14,25H,11-13H2,1-2H3,(H,22,23);3H2,1-2H3. The lowest BCUT2D eigenvalue weighted by Gasteiger charge is -2.30. The molecule has 32 heavy (non-hydrogen) atoms. The molecule has 0 saturated heterocycles. The Morgan fingerprint density at radius 2 is 1.62 bits per heavy atom. The van der Waals surface area contributed by atoms with Crippen molar-refractivity contribution in [2.24, 2.45) is 5.92 Å². The van der Waals surface area contributed by atoms with Gasteiger partial charge in [-0.25, -0.2) is 0 Å². The smallest absolute Gasteiger partial charge is 0.310 e. The van der Waals surface area contributed by atoms with Crippen LogP contribution in [0, 0.1) is 5.92 Å². The number of ether oxygens (including phenoxy) is 1. The number of rotatable bonds is 7. The zero-order valence-electron chi connectivity index (χ0n) is 18.9. The van der Waals surface area contributed by atoms with E-state index in [1.54, 1.807) is 24.3 Å². The molecule has 0 fully saturated rings. The molecule has 0 saturated carbocycles. The number of fused-ring (bicyclic) bond motifs is 3. The summed E-state index contributed by atoms with van der Waals surface area (Å²) in [6.45, 7) is 6.88. The molecule has 2 N–H and O–H groups in total. The molecule has 2 aromatic rings. The summed E-state index contributed by atoms with van der Waals surface area (Å²) in [5.41, 5.74) is 0.256. The molecule has 3 rings (SSSR count). The van der Waals surface area contributed by atoms with Crippen LogP contribution in [0.25, 0.3) is 11.1 Å². The van der Waals surface area contributed by atoms with Crippen molar-refractivity contribution in [3.63, 3.8) is 0 Å². The van der Waals surface area contributed by atoms with Gasteiger partial charge >= 0.3 is 11.9 Å². The highest BCUT2D eigenvalue weighted by atomic mass is 31.2. The summed E-state index contributed by atoms with van der Waals surface area (Å²) >= 11 is 0. The third-order valence-corrected chi connectivity index (χ3v) is 7.01. The van der Waals surface area contributed by atoms with E-state index in [0.717, 1.165) is 11.1 Å². The number of aliphatic hydroxyl groups is 1. The van der Waals surface area contributed by atoms with E-state index in [2.05, 4.69) is 13.8 Å². The maximum Gasteiger partial charge on any atom is 0.310 e. The molecular weight excluding hydrogens is 431 g/mol. The van der Waals surface area contributed by atoms with Crippen molar-refractivity contribution in [1.29, 1.82) is 0 Å². The highest BCUT2D eigenvalue weighted by molar-refractivity contribution is 7.67. The number of carbonyl (C=O) groups excluding carboxylic acids is 1. The summed E-state index contributed by atoms with van der Waals surface area (Å²) in [7, 11) is -3.59. The summed E-state index contributed by atoms with van der Waals surface area (Å²) in [5.74, 6) is -2.80. The van der Waals surface area contributed by atoms with Crippen LogP contribution in [0.4, 0.5) is 0 Å². The van der Waals surface area contributed by atoms with Crippen LogP contribution in [-0.2, 0) is 18.9 Å². The highest BCUT2D eigenvalue weighted by Crippen LogP contribution is 2.55. The van der Waals surface area contributed by atoms with Crippen molar-refractivity contribution in [3.8, 4) is 16.9 Å². The number of carbonyl (C=O) groups is 2. The average molecular weight is 462 g/mol. The second-order valence-corrected chi connectivity index (χ2v) is 10.8. The Balaban J connectivity index is 0.00000114.